The lowest BCUT2D eigenvalue weighted by molar-refractivity contribution is -0.121. The first-order chi connectivity index (χ1) is 13.1. The fraction of sp³-hybridized carbons (Fsp3) is 0.250. The Bertz CT molecular complexity index is 892. The van der Waals surface area contributed by atoms with E-state index in [-0.39, 0.29) is 18.4 Å². The van der Waals surface area contributed by atoms with Gasteiger partial charge in [-0.05, 0) is 30.7 Å². The molecule has 0 aliphatic heterocycles. The molecular weight excluding hydrogens is 344 g/mol. The summed E-state index contributed by atoms with van der Waals surface area (Å²) in [5, 5.41) is 7.12. The van der Waals surface area contributed by atoms with Crippen LogP contribution < -0.4 is 14.8 Å². The zero-order valence-electron chi connectivity index (χ0n) is 15.5. The number of hydrogen-bond donors (Lipinski definition) is 1. The van der Waals surface area contributed by atoms with E-state index in [1.54, 1.807) is 31.3 Å². The third kappa shape index (κ3) is 4.44. The lowest BCUT2D eigenvalue weighted by Crippen LogP contribution is -2.28. The van der Waals surface area contributed by atoms with Crippen molar-refractivity contribution in [3.05, 3.63) is 66.2 Å². The van der Waals surface area contributed by atoms with Crippen LogP contribution in [0.4, 0.5) is 0 Å². The van der Waals surface area contributed by atoms with E-state index < -0.39 is 0 Å². The van der Waals surface area contributed by atoms with Gasteiger partial charge in [0, 0.05) is 11.6 Å². The second kappa shape index (κ2) is 8.35. The van der Waals surface area contributed by atoms with Gasteiger partial charge in [0.1, 0.15) is 24.2 Å². The second-order valence-electron chi connectivity index (χ2n) is 6.08. The van der Waals surface area contributed by atoms with Crippen molar-refractivity contribution in [1.29, 1.82) is 0 Å². The van der Waals surface area contributed by atoms with Crippen LogP contribution in [-0.4, -0.2) is 34.9 Å². The molecule has 1 amide bonds. The van der Waals surface area contributed by atoms with Crippen LogP contribution in [-0.2, 0) is 11.2 Å². The van der Waals surface area contributed by atoms with E-state index in [1.165, 1.54) is 6.33 Å². The maximum atomic E-state index is 12.5. The number of amides is 1. The van der Waals surface area contributed by atoms with Crippen LogP contribution >= 0.6 is 0 Å². The molecule has 3 aromatic rings. The Morgan fingerprint density at radius 3 is 2.56 bits per heavy atom. The predicted octanol–water partition coefficient (Wildman–Crippen LogP) is 2.70. The summed E-state index contributed by atoms with van der Waals surface area (Å²) < 4.78 is 12.2. The molecule has 140 valence electrons. The standard InChI is InChI=1S/C20H22N4O3/c1-14(15-4-7-17(8-5-15)24-13-21-12-22-24)23-20(25)10-16-6-9-18(26-2)11-19(16)27-3/h4-9,11-14H,10H2,1-3H3,(H,23,25). The van der Waals surface area contributed by atoms with Crippen LogP contribution in [0, 0.1) is 0 Å². The number of ether oxygens (including phenoxy) is 2. The first-order valence-corrected chi connectivity index (χ1v) is 8.56. The number of aromatic nitrogens is 3. The molecule has 0 radical (unpaired) electrons. The number of rotatable bonds is 7. The fourth-order valence-corrected chi connectivity index (χ4v) is 2.80. The van der Waals surface area contributed by atoms with Crippen LogP contribution in [0.15, 0.2) is 55.1 Å². The Kier molecular flexibility index (Phi) is 5.71. The Hall–Kier alpha value is -3.35. The van der Waals surface area contributed by atoms with Crippen LogP contribution in [0.25, 0.3) is 5.69 Å². The summed E-state index contributed by atoms with van der Waals surface area (Å²) in [5.41, 5.74) is 2.73. The van der Waals surface area contributed by atoms with Gasteiger partial charge in [0.05, 0.1) is 32.4 Å². The quantitative estimate of drug-likeness (QED) is 0.696. The van der Waals surface area contributed by atoms with Crippen LogP contribution in [0.5, 0.6) is 11.5 Å². The van der Waals surface area contributed by atoms with Crippen LogP contribution in [0.2, 0.25) is 0 Å². The van der Waals surface area contributed by atoms with E-state index in [0.29, 0.717) is 11.5 Å². The normalized spacial score (nSPS) is 11.7. The molecule has 0 saturated heterocycles. The van der Waals surface area contributed by atoms with Crippen molar-refractivity contribution in [2.75, 3.05) is 14.2 Å². The summed E-state index contributed by atoms with van der Waals surface area (Å²) in [7, 11) is 3.17. The predicted molar refractivity (Wildman–Crippen MR) is 101 cm³/mol. The number of carbonyl (C=O) groups excluding carboxylic acids is 1. The van der Waals surface area contributed by atoms with Crippen LogP contribution in [0.1, 0.15) is 24.1 Å². The lowest BCUT2D eigenvalue weighted by Gasteiger charge is -2.16. The fourth-order valence-electron chi connectivity index (χ4n) is 2.80. The Morgan fingerprint density at radius 1 is 1.15 bits per heavy atom. The number of hydrogen-bond acceptors (Lipinski definition) is 5. The smallest absolute Gasteiger partial charge is 0.225 e. The van der Waals surface area contributed by atoms with Gasteiger partial charge in [0.25, 0.3) is 0 Å². The monoisotopic (exact) mass is 366 g/mol. The number of nitrogens with zero attached hydrogens (tertiary/aromatic N) is 3. The average molecular weight is 366 g/mol. The molecule has 0 saturated carbocycles. The third-order valence-electron chi connectivity index (χ3n) is 4.30. The minimum Gasteiger partial charge on any atom is -0.497 e. The summed E-state index contributed by atoms with van der Waals surface area (Å²) in [6.45, 7) is 1.95. The highest BCUT2D eigenvalue weighted by Gasteiger charge is 2.13. The number of carbonyl (C=O) groups is 1. The molecule has 7 nitrogen and oxygen atoms in total. The number of methoxy groups -OCH3 is 2. The molecule has 2 aromatic carbocycles. The molecular formula is C20H22N4O3. The zero-order valence-corrected chi connectivity index (χ0v) is 15.5. The van der Waals surface area contributed by atoms with Gasteiger partial charge in [-0.15, -0.1) is 0 Å². The van der Waals surface area contributed by atoms with Crippen molar-refractivity contribution in [1.82, 2.24) is 20.1 Å². The summed E-state index contributed by atoms with van der Waals surface area (Å²) in [5.74, 6) is 1.25. The van der Waals surface area contributed by atoms with Crippen molar-refractivity contribution in [3.8, 4) is 17.2 Å². The van der Waals surface area contributed by atoms with Crippen LogP contribution in [0.3, 0.4) is 0 Å². The van der Waals surface area contributed by atoms with E-state index >= 15 is 0 Å². The molecule has 1 atom stereocenters. The Labute approximate surface area is 158 Å². The number of nitrogens with one attached hydrogen (secondary N) is 1. The summed E-state index contributed by atoms with van der Waals surface area (Å²) in [4.78, 5) is 16.4. The molecule has 1 heterocycles. The SMILES string of the molecule is COc1ccc(CC(=O)NC(C)c2ccc(-n3cncn3)cc2)c(OC)c1. The molecule has 0 aliphatic rings. The molecule has 0 aliphatic carbocycles. The van der Waals surface area contributed by atoms with Gasteiger partial charge in [-0.1, -0.05) is 18.2 Å². The zero-order chi connectivity index (χ0) is 19.2. The van der Waals surface area contributed by atoms with Crippen molar-refractivity contribution >= 4 is 5.91 Å². The van der Waals surface area contributed by atoms with Gasteiger partial charge < -0.3 is 14.8 Å². The van der Waals surface area contributed by atoms with Gasteiger partial charge in [-0.3, -0.25) is 4.79 Å². The average Bonchev–Trinajstić information content (AvgIpc) is 3.23. The maximum absolute atomic E-state index is 12.5. The highest BCUT2D eigenvalue weighted by molar-refractivity contribution is 5.79. The van der Waals surface area contributed by atoms with Gasteiger partial charge in [-0.25, -0.2) is 9.67 Å². The molecule has 1 unspecified atom stereocenters. The minimum atomic E-state index is -0.119. The molecule has 7 heteroatoms. The van der Waals surface area contributed by atoms with E-state index in [0.717, 1.165) is 16.8 Å². The molecule has 0 bridgehead atoms. The Balaban J connectivity index is 1.64. The highest BCUT2D eigenvalue weighted by Crippen LogP contribution is 2.25. The first-order valence-electron chi connectivity index (χ1n) is 8.56. The largest absolute Gasteiger partial charge is 0.497 e. The van der Waals surface area contributed by atoms with Gasteiger partial charge in [0.15, 0.2) is 0 Å². The van der Waals surface area contributed by atoms with E-state index in [4.69, 9.17) is 9.47 Å². The Morgan fingerprint density at radius 2 is 1.93 bits per heavy atom. The molecule has 1 N–H and O–H groups in total. The second-order valence-corrected chi connectivity index (χ2v) is 6.08. The molecule has 0 fully saturated rings. The van der Waals surface area contributed by atoms with Gasteiger partial charge in [-0.2, -0.15) is 5.10 Å². The molecule has 0 spiro atoms. The summed E-state index contributed by atoms with van der Waals surface area (Å²) >= 11 is 0. The van der Waals surface area contributed by atoms with E-state index in [9.17, 15) is 4.79 Å². The van der Waals surface area contributed by atoms with Gasteiger partial charge >= 0.3 is 0 Å². The number of benzene rings is 2. The molecule has 3 rings (SSSR count). The lowest BCUT2D eigenvalue weighted by atomic mass is 10.1. The van der Waals surface area contributed by atoms with Crippen molar-refractivity contribution in [2.45, 2.75) is 19.4 Å². The van der Waals surface area contributed by atoms with Crippen molar-refractivity contribution < 1.29 is 14.3 Å². The first kappa shape index (κ1) is 18.4. The maximum Gasteiger partial charge on any atom is 0.225 e. The highest BCUT2D eigenvalue weighted by atomic mass is 16.5. The molecule has 1 aromatic heterocycles. The topological polar surface area (TPSA) is 78.3 Å². The van der Waals surface area contributed by atoms with Crippen molar-refractivity contribution in [3.63, 3.8) is 0 Å². The van der Waals surface area contributed by atoms with E-state index in [1.807, 2.05) is 43.3 Å². The van der Waals surface area contributed by atoms with E-state index in [2.05, 4.69) is 15.4 Å². The summed E-state index contributed by atoms with van der Waals surface area (Å²) in [6.07, 6.45) is 3.36. The van der Waals surface area contributed by atoms with Gasteiger partial charge in [0.2, 0.25) is 5.91 Å². The summed E-state index contributed by atoms with van der Waals surface area (Å²) in [6, 6.07) is 13.1. The molecule has 27 heavy (non-hydrogen) atoms. The van der Waals surface area contributed by atoms with Crippen molar-refractivity contribution in [2.24, 2.45) is 0 Å². The minimum absolute atomic E-state index is 0.0775. The third-order valence-corrected chi connectivity index (χ3v) is 4.30.